The van der Waals surface area contributed by atoms with Crippen LogP contribution in [0.3, 0.4) is 0 Å². The van der Waals surface area contributed by atoms with E-state index in [1.54, 1.807) is 0 Å². The summed E-state index contributed by atoms with van der Waals surface area (Å²) in [7, 11) is 0. The first kappa shape index (κ1) is 15.6. The van der Waals surface area contributed by atoms with Crippen LogP contribution in [0.15, 0.2) is 11.6 Å². The highest BCUT2D eigenvalue weighted by Crippen LogP contribution is 2.48. The number of nitriles is 1. The van der Waals surface area contributed by atoms with Gasteiger partial charge in [-0.1, -0.05) is 51.2 Å². The van der Waals surface area contributed by atoms with Crippen LogP contribution < -0.4 is 0 Å². The van der Waals surface area contributed by atoms with Gasteiger partial charge in [0.25, 0.3) is 0 Å². The first-order valence-corrected chi connectivity index (χ1v) is 8.84. The van der Waals surface area contributed by atoms with Crippen molar-refractivity contribution in [2.75, 3.05) is 0 Å². The zero-order valence-corrected chi connectivity index (χ0v) is 13.5. The van der Waals surface area contributed by atoms with E-state index in [2.05, 4.69) is 26.0 Å². The van der Waals surface area contributed by atoms with E-state index in [1.807, 2.05) is 0 Å². The van der Waals surface area contributed by atoms with Gasteiger partial charge >= 0.3 is 0 Å². The van der Waals surface area contributed by atoms with Crippen LogP contribution >= 0.6 is 0 Å². The summed E-state index contributed by atoms with van der Waals surface area (Å²) in [5.41, 5.74) is 1.42. The van der Waals surface area contributed by atoms with E-state index < -0.39 is 0 Å². The molecule has 0 saturated heterocycles. The monoisotopic (exact) mass is 273 g/mol. The van der Waals surface area contributed by atoms with Crippen LogP contribution in [0.2, 0.25) is 0 Å². The predicted molar refractivity (Wildman–Crippen MR) is 85.2 cm³/mol. The maximum Gasteiger partial charge on any atom is 0.0782 e. The van der Waals surface area contributed by atoms with Crippen molar-refractivity contribution in [2.45, 2.75) is 84.5 Å². The lowest BCUT2D eigenvalue weighted by molar-refractivity contribution is 0.222. The molecule has 0 N–H and O–H groups in total. The molecule has 2 aliphatic rings. The van der Waals surface area contributed by atoms with Gasteiger partial charge < -0.3 is 0 Å². The molecule has 1 heteroatoms. The summed E-state index contributed by atoms with van der Waals surface area (Å²) < 4.78 is 0. The summed E-state index contributed by atoms with van der Waals surface area (Å²) in [6.07, 6.45) is 16.3. The molecular weight excluding hydrogens is 242 g/mol. The third-order valence-electron chi connectivity index (χ3n) is 5.85. The molecule has 0 aromatic heterocycles. The third-order valence-corrected chi connectivity index (χ3v) is 5.85. The minimum absolute atomic E-state index is 0.0819. The van der Waals surface area contributed by atoms with Crippen LogP contribution in [0, 0.1) is 28.6 Å². The van der Waals surface area contributed by atoms with Gasteiger partial charge in [0.15, 0.2) is 0 Å². The van der Waals surface area contributed by atoms with Gasteiger partial charge in [-0.25, -0.2) is 0 Å². The number of hydrogen-bond donors (Lipinski definition) is 0. The summed E-state index contributed by atoms with van der Waals surface area (Å²) in [4.78, 5) is 0. The fourth-order valence-electron chi connectivity index (χ4n) is 4.15. The molecule has 0 unspecified atom stereocenters. The molecular formula is C19H31N. The Morgan fingerprint density at radius 3 is 2.45 bits per heavy atom. The van der Waals surface area contributed by atoms with Crippen LogP contribution in [-0.4, -0.2) is 0 Å². The second-order valence-corrected chi connectivity index (χ2v) is 7.06. The molecule has 0 aliphatic heterocycles. The minimum Gasteiger partial charge on any atom is -0.197 e. The highest BCUT2D eigenvalue weighted by molar-refractivity contribution is 5.26. The standard InChI is InChI=1S/C19H31N/c1-3-5-6-17-11-13-19(15-20,14-12-17)18-9-7-16(4-2)8-10-18/h9,16-17H,3-8,10-14H2,1-2H3/t16-,17?,19?/m0/s1. The van der Waals surface area contributed by atoms with Gasteiger partial charge in [-0.2, -0.15) is 5.26 Å². The first-order valence-electron chi connectivity index (χ1n) is 8.84. The normalized spacial score (nSPS) is 34.4. The average Bonchev–Trinajstić information content (AvgIpc) is 2.53. The topological polar surface area (TPSA) is 23.8 Å². The largest absolute Gasteiger partial charge is 0.197 e. The molecule has 0 aromatic carbocycles. The Morgan fingerprint density at radius 1 is 1.20 bits per heavy atom. The van der Waals surface area contributed by atoms with Crippen molar-refractivity contribution in [2.24, 2.45) is 17.3 Å². The first-order chi connectivity index (χ1) is 9.74. The minimum atomic E-state index is -0.0819. The maximum absolute atomic E-state index is 9.79. The summed E-state index contributed by atoms with van der Waals surface area (Å²) in [6.45, 7) is 4.57. The fourth-order valence-corrected chi connectivity index (χ4v) is 4.15. The Hall–Kier alpha value is -0.770. The Labute approximate surface area is 125 Å². The molecule has 1 atom stereocenters. The molecule has 0 aromatic rings. The van der Waals surface area contributed by atoms with Crippen LogP contribution in [0.25, 0.3) is 0 Å². The molecule has 0 heterocycles. The van der Waals surface area contributed by atoms with E-state index in [4.69, 9.17) is 0 Å². The van der Waals surface area contributed by atoms with E-state index in [0.29, 0.717) is 0 Å². The van der Waals surface area contributed by atoms with E-state index >= 15 is 0 Å². The van der Waals surface area contributed by atoms with Crippen molar-refractivity contribution in [1.82, 2.24) is 0 Å². The van der Waals surface area contributed by atoms with Crippen molar-refractivity contribution in [3.63, 3.8) is 0 Å². The fraction of sp³-hybridized carbons (Fsp3) is 0.842. The van der Waals surface area contributed by atoms with Crippen LogP contribution in [0.5, 0.6) is 0 Å². The van der Waals surface area contributed by atoms with Gasteiger partial charge in [0, 0.05) is 0 Å². The Balaban J connectivity index is 1.96. The Morgan fingerprint density at radius 2 is 1.95 bits per heavy atom. The van der Waals surface area contributed by atoms with E-state index in [-0.39, 0.29) is 5.41 Å². The molecule has 0 radical (unpaired) electrons. The second-order valence-electron chi connectivity index (χ2n) is 7.06. The number of nitrogens with zero attached hydrogens (tertiary/aromatic N) is 1. The SMILES string of the molecule is CCCCC1CCC(C#N)(C2=CC[C@H](CC)CC2)CC1. The molecule has 0 bridgehead atoms. The van der Waals surface area contributed by atoms with Gasteiger partial charge in [-0.05, 0) is 56.8 Å². The van der Waals surface area contributed by atoms with Gasteiger partial charge in [0.1, 0.15) is 0 Å². The molecule has 1 saturated carbocycles. The molecule has 112 valence electrons. The lowest BCUT2D eigenvalue weighted by atomic mass is 9.64. The molecule has 1 nitrogen and oxygen atoms in total. The van der Waals surface area contributed by atoms with Crippen molar-refractivity contribution in [3.05, 3.63) is 11.6 Å². The van der Waals surface area contributed by atoms with Crippen LogP contribution in [-0.2, 0) is 0 Å². The maximum atomic E-state index is 9.79. The number of unbranched alkanes of at least 4 members (excludes halogenated alkanes) is 1. The zero-order valence-electron chi connectivity index (χ0n) is 13.5. The molecule has 1 fully saturated rings. The molecule has 2 aliphatic carbocycles. The molecule has 20 heavy (non-hydrogen) atoms. The smallest absolute Gasteiger partial charge is 0.0782 e. The lowest BCUT2D eigenvalue weighted by Gasteiger charge is -2.39. The van der Waals surface area contributed by atoms with Crippen LogP contribution in [0.4, 0.5) is 0 Å². The van der Waals surface area contributed by atoms with E-state index in [0.717, 1.165) is 24.7 Å². The van der Waals surface area contributed by atoms with Crippen molar-refractivity contribution in [1.29, 1.82) is 5.26 Å². The van der Waals surface area contributed by atoms with Crippen LogP contribution in [0.1, 0.15) is 84.5 Å². The number of allylic oxidation sites excluding steroid dienone is 2. The van der Waals surface area contributed by atoms with Gasteiger partial charge in [-0.3, -0.25) is 0 Å². The molecule has 0 spiro atoms. The summed E-state index contributed by atoms with van der Waals surface area (Å²) in [5.74, 6) is 1.76. The average molecular weight is 273 g/mol. The van der Waals surface area contributed by atoms with E-state index in [9.17, 15) is 5.26 Å². The quantitative estimate of drug-likeness (QED) is 0.562. The molecule has 2 rings (SSSR count). The number of hydrogen-bond acceptors (Lipinski definition) is 1. The Bertz CT molecular complexity index is 366. The van der Waals surface area contributed by atoms with Crippen molar-refractivity contribution >= 4 is 0 Å². The zero-order chi connectivity index (χ0) is 14.4. The lowest BCUT2D eigenvalue weighted by Crippen LogP contribution is -2.29. The van der Waals surface area contributed by atoms with Gasteiger partial charge in [-0.15, -0.1) is 0 Å². The summed E-state index contributed by atoms with van der Waals surface area (Å²) >= 11 is 0. The number of rotatable bonds is 5. The van der Waals surface area contributed by atoms with Crippen molar-refractivity contribution < 1.29 is 0 Å². The Kier molecular flexibility index (Phi) is 5.70. The second kappa shape index (κ2) is 7.30. The molecule has 0 amide bonds. The van der Waals surface area contributed by atoms with Gasteiger partial charge in [0.05, 0.1) is 11.5 Å². The summed E-state index contributed by atoms with van der Waals surface area (Å²) in [5, 5.41) is 9.79. The summed E-state index contributed by atoms with van der Waals surface area (Å²) in [6, 6.07) is 2.73. The highest BCUT2D eigenvalue weighted by Gasteiger charge is 2.39. The highest BCUT2D eigenvalue weighted by atomic mass is 14.4. The van der Waals surface area contributed by atoms with E-state index in [1.165, 1.54) is 63.4 Å². The van der Waals surface area contributed by atoms with Gasteiger partial charge in [0.2, 0.25) is 0 Å². The predicted octanol–water partition coefficient (Wildman–Crippen LogP) is 6.01. The third kappa shape index (κ3) is 3.46. The van der Waals surface area contributed by atoms with Crippen molar-refractivity contribution in [3.8, 4) is 6.07 Å².